The summed E-state index contributed by atoms with van der Waals surface area (Å²) in [4.78, 5) is 11.7. The van der Waals surface area contributed by atoms with Crippen LogP contribution >= 0.6 is 0 Å². The summed E-state index contributed by atoms with van der Waals surface area (Å²) in [5.74, 6) is 0.829. The van der Waals surface area contributed by atoms with Crippen molar-refractivity contribution in [2.75, 3.05) is 6.54 Å². The quantitative estimate of drug-likeness (QED) is 0.753. The predicted molar refractivity (Wildman–Crippen MR) is 71.7 cm³/mol. The summed E-state index contributed by atoms with van der Waals surface area (Å²) in [6, 6.07) is 0. The van der Waals surface area contributed by atoms with Crippen molar-refractivity contribution in [3.63, 3.8) is 0 Å². The predicted octanol–water partition coefficient (Wildman–Crippen LogP) is 2.58. The molecule has 0 aliphatic heterocycles. The molecule has 0 bridgehead atoms. The summed E-state index contributed by atoms with van der Waals surface area (Å²) in [6.45, 7) is 13.0. The number of nitrogens with one attached hydrogen (secondary N) is 1. The first-order valence-electron chi connectivity index (χ1n) is 6.57. The van der Waals surface area contributed by atoms with Crippen LogP contribution in [0.2, 0.25) is 0 Å². The molecule has 0 saturated heterocycles. The Morgan fingerprint density at radius 2 is 1.76 bits per heavy atom. The van der Waals surface area contributed by atoms with Crippen molar-refractivity contribution in [2.24, 2.45) is 17.3 Å². The standard InChI is InChI=1S/C14H29NO2/c1-10(2)7-12(16)9-15-13(17)8-11(3)14(4,5)6/h10-12,16H,7-9H2,1-6H3,(H,15,17). The van der Waals surface area contributed by atoms with Gasteiger partial charge in [0.2, 0.25) is 5.91 Å². The molecule has 0 aromatic carbocycles. The molecule has 1 amide bonds. The summed E-state index contributed by atoms with van der Waals surface area (Å²) in [5, 5.41) is 12.4. The maximum absolute atomic E-state index is 11.7. The first-order chi connectivity index (χ1) is 7.62. The van der Waals surface area contributed by atoms with Gasteiger partial charge in [0.1, 0.15) is 0 Å². The number of rotatable bonds is 6. The van der Waals surface area contributed by atoms with Crippen LogP contribution in [-0.2, 0) is 4.79 Å². The van der Waals surface area contributed by atoms with Gasteiger partial charge < -0.3 is 10.4 Å². The van der Waals surface area contributed by atoms with Gasteiger partial charge in [0.05, 0.1) is 6.10 Å². The lowest BCUT2D eigenvalue weighted by Gasteiger charge is -2.26. The maximum atomic E-state index is 11.7. The highest BCUT2D eigenvalue weighted by Crippen LogP contribution is 2.27. The Kier molecular flexibility index (Phi) is 6.76. The van der Waals surface area contributed by atoms with Crippen LogP contribution in [0.5, 0.6) is 0 Å². The smallest absolute Gasteiger partial charge is 0.220 e. The zero-order valence-corrected chi connectivity index (χ0v) is 12.2. The summed E-state index contributed by atoms with van der Waals surface area (Å²) < 4.78 is 0. The highest BCUT2D eigenvalue weighted by Gasteiger charge is 2.22. The van der Waals surface area contributed by atoms with E-state index in [9.17, 15) is 9.90 Å². The molecular formula is C14H29NO2. The van der Waals surface area contributed by atoms with E-state index in [2.05, 4.69) is 46.9 Å². The third-order valence-electron chi connectivity index (χ3n) is 3.25. The largest absolute Gasteiger partial charge is 0.391 e. The van der Waals surface area contributed by atoms with Crippen molar-refractivity contribution in [1.82, 2.24) is 5.32 Å². The molecule has 2 N–H and O–H groups in total. The van der Waals surface area contributed by atoms with Crippen molar-refractivity contribution in [1.29, 1.82) is 0 Å². The Morgan fingerprint density at radius 3 is 2.18 bits per heavy atom. The molecule has 0 aromatic heterocycles. The highest BCUT2D eigenvalue weighted by molar-refractivity contribution is 5.76. The van der Waals surface area contributed by atoms with E-state index in [1.165, 1.54) is 0 Å². The second kappa shape index (κ2) is 7.00. The summed E-state index contributed by atoms with van der Waals surface area (Å²) >= 11 is 0. The SMILES string of the molecule is CC(C)CC(O)CNC(=O)CC(C)C(C)(C)C. The van der Waals surface area contributed by atoms with Gasteiger partial charge in [-0.1, -0.05) is 41.5 Å². The van der Waals surface area contributed by atoms with Gasteiger partial charge in [0, 0.05) is 13.0 Å². The maximum Gasteiger partial charge on any atom is 0.220 e. The van der Waals surface area contributed by atoms with E-state index in [4.69, 9.17) is 0 Å². The van der Waals surface area contributed by atoms with Gasteiger partial charge in [-0.25, -0.2) is 0 Å². The summed E-state index contributed by atoms with van der Waals surface area (Å²) in [7, 11) is 0. The van der Waals surface area contributed by atoms with Crippen LogP contribution < -0.4 is 5.32 Å². The summed E-state index contributed by atoms with van der Waals surface area (Å²) in [6.07, 6.45) is 0.830. The molecule has 102 valence electrons. The van der Waals surface area contributed by atoms with E-state index < -0.39 is 6.10 Å². The molecule has 17 heavy (non-hydrogen) atoms. The zero-order chi connectivity index (χ0) is 13.6. The van der Waals surface area contributed by atoms with E-state index in [1.807, 2.05) is 0 Å². The first kappa shape index (κ1) is 16.4. The number of hydrogen-bond donors (Lipinski definition) is 2. The minimum atomic E-state index is -0.427. The fraction of sp³-hybridized carbons (Fsp3) is 0.929. The van der Waals surface area contributed by atoms with E-state index in [0.717, 1.165) is 6.42 Å². The van der Waals surface area contributed by atoms with Crippen molar-refractivity contribution in [3.05, 3.63) is 0 Å². The molecule has 3 nitrogen and oxygen atoms in total. The molecule has 0 spiro atoms. The van der Waals surface area contributed by atoms with Crippen LogP contribution in [0.4, 0.5) is 0 Å². The van der Waals surface area contributed by atoms with Crippen LogP contribution in [0, 0.1) is 17.3 Å². The molecule has 0 rings (SSSR count). The van der Waals surface area contributed by atoms with Crippen molar-refractivity contribution in [2.45, 2.75) is 60.5 Å². The van der Waals surface area contributed by atoms with E-state index in [1.54, 1.807) is 0 Å². The Bertz CT molecular complexity index is 231. The third-order valence-corrected chi connectivity index (χ3v) is 3.25. The fourth-order valence-electron chi connectivity index (χ4n) is 1.52. The van der Waals surface area contributed by atoms with Gasteiger partial charge in [-0.15, -0.1) is 0 Å². The van der Waals surface area contributed by atoms with Crippen molar-refractivity contribution < 1.29 is 9.90 Å². The number of aliphatic hydroxyl groups is 1. The zero-order valence-electron chi connectivity index (χ0n) is 12.2. The van der Waals surface area contributed by atoms with Crippen LogP contribution in [0.25, 0.3) is 0 Å². The molecule has 3 heteroatoms. The second-order valence-corrected chi connectivity index (χ2v) is 6.56. The van der Waals surface area contributed by atoms with Crippen LogP contribution in [0.3, 0.4) is 0 Å². The van der Waals surface area contributed by atoms with Crippen molar-refractivity contribution in [3.8, 4) is 0 Å². The molecular weight excluding hydrogens is 214 g/mol. The Hall–Kier alpha value is -0.570. The lowest BCUT2D eigenvalue weighted by atomic mass is 9.80. The van der Waals surface area contributed by atoms with Gasteiger partial charge >= 0.3 is 0 Å². The number of carbonyl (C=O) groups is 1. The lowest BCUT2D eigenvalue weighted by molar-refractivity contribution is -0.123. The molecule has 0 aliphatic carbocycles. The number of hydrogen-bond acceptors (Lipinski definition) is 2. The van der Waals surface area contributed by atoms with Gasteiger partial charge in [-0.05, 0) is 23.7 Å². The molecule has 0 fully saturated rings. The van der Waals surface area contributed by atoms with Gasteiger partial charge in [-0.2, -0.15) is 0 Å². The van der Waals surface area contributed by atoms with Crippen LogP contribution in [0.1, 0.15) is 54.4 Å². The number of aliphatic hydroxyl groups excluding tert-OH is 1. The number of amides is 1. The normalized spacial score (nSPS) is 15.8. The monoisotopic (exact) mass is 243 g/mol. The minimum absolute atomic E-state index is 0.0373. The van der Waals surface area contributed by atoms with Gasteiger partial charge in [0.25, 0.3) is 0 Å². The van der Waals surface area contributed by atoms with Crippen molar-refractivity contribution >= 4 is 5.91 Å². The second-order valence-electron chi connectivity index (χ2n) is 6.56. The topological polar surface area (TPSA) is 49.3 Å². The fourth-order valence-corrected chi connectivity index (χ4v) is 1.52. The average molecular weight is 243 g/mol. The van der Waals surface area contributed by atoms with Gasteiger partial charge in [-0.3, -0.25) is 4.79 Å². The lowest BCUT2D eigenvalue weighted by Crippen LogP contribution is -2.35. The Morgan fingerprint density at radius 1 is 1.24 bits per heavy atom. The third kappa shape index (κ3) is 8.19. The molecule has 0 radical (unpaired) electrons. The Balaban J connectivity index is 3.88. The van der Waals surface area contributed by atoms with E-state index in [0.29, 0.717) is 24.8 Å². The molecule has 0 aliphatic rings. The minimum Gasteiger partial charge on any atom is -0.391 e. The highest BCUT2D eigenvalue weighted by atomic mass is 16.3. The molecule has 0 saturated carbocycles. The molecule has 2 atom stereocenters. The number of carbonyl (C=O) groups excluding carboxylic acids is 1. The molecule has 2 unspecified atom stereocenters. The van der Waals surface area contributed by atoms with E-state index in [-0.39, 0.29) is 11.3 Å². The molecule has 0 aromatic rings. The van der Waals surface area contributed by atoms with Crippen LogP contribution in [0.15, 0.2) is 0 Å². The average Bonchev–Trinajstić information content (AvgIpc) is 2.12. The summed E-state index contributed by atoms with van der Waals surface area (Å²) in [5.41, 5.74) is 0.147. The first-order valence-corrected chi connectivity index (χ1v) is 6.57. The van der Waals surface area contributed by atoms with Gasteiger partial charge in [0.15, 0.2) is 0 Å². The van der Waals surface area contributed by atoms with Crippen LogP contribution in [-0.4, -0.2) is 23.7 Å². The Labute approximate surface area is 106 Å². The molecule has 0 heterocycles. The van der Waals surface area contributed by atoms with E-state index >= 15 is 0 Å².